The van der Waals surface area contributed by atoms with Crippen LogP contribution in [0.3, 0.4) is 0 Å². The minimum Gasteiger partial charge on any atom is -0.337 e. The highest BCUT2D eigenvalue weighted by Gasteiger charge is 2.32. The maximum absolute atomic E-state index is 12.1. The third-order valence-electron chi connectivity index (χ3n) is 3.34. The molecule has 1 unspecified atom stereocenters. The number of hydrogen-bond donors (Lipinski definition) is 0. The van der Waals surface area contributed by atoms with Crippen LogP contribution in [0.25, 0.3) is 0 Å². The van der Waals surface area contributed by atoms with Crippen LogP contribution in [0.1, 0.15) is 35.9 Å². The summed E-state index contributed by atoms with van der Waals surface area (Å²) in [5, 5.41) is 0. The van der Waals surface area contributed by atoms with E-state index in [0.29, 0.717) is 17.7 Å². The fourth-order valence-corrected chi connectivity index (χ4v) is 1.92. The molecule has 0 aromatic carbocycles. The molecule has 0 aliphatic heterocycles. The number of aryl methyl sites for hydroxylation is 1. The van der Waals surface area contributed by atoms with Crippen molar-refractivity contribution in [3.63, 3.8) is 0 Å². The van der Waals surface area contributed by atoms with E-state index in [1.165, 1.54) is 12.8 Å². The fourth-order valence-electron chi connectivity index (χ4n) is 1.92. The average molecular weight is 218 g/mol. The average Bonchev–Trinajstić information content (AvgIpc) is 3.10. The maximum Gasteiger partial charge on any atom is 0.272 e. The number of aromatic nitrogens is 1. The molecule has 1 aliphatic rings. The Labute approximate surface area is 96.5 Å². The molecule has 1 amide bonds. The molecule has 1 aliphatic carbocycles. The van der Waals surface area contributed by atoms with Crippen LogP contribution in [0.5, 0.6) is 0 Å². The molecule has 0 N–H and O–H groups in total. The van der Waals surface area contributed by atoms with Crippen molar-refractivity contribution in [1.29, 1.82) is 0 Å². The highest BCUT2D eigenvalue weighted by atomic mass is 16.2. The van der Waals surface area contributed by atoms with E-state index in [4.69, 9.17) is 0 Å². The molecule has 86 valence electrons. The van der Waals surface area contributed by atoms with Crippen LogP contribution in [0.2, 0.25) is 0 Å². The third kappa shape index (κ3) is 2.23. The molecule has 16 heavy (non-hydrogen) atoms. The monoisotopic (exact) mass is 218 g/mol. The number of pyridine rings is 1. The van der Waals surface area contributed by atoms with Crippen molar-refractivity contribution in [3.8, 4) is 0 Å². The zero-order valence-corrected chi connectivity index (χ0v) is 10.1. The molecule has 2 rings (SSSR count). The van der Waals surface area contributed by atoms with Gasteiger partial charge in [-0.05, 0) is 44.7 Å². The SMILES string of the molecule is Cc1cccc(C(=O)N(C)C(C)C2CC2)n1. The summed E-state index contributed by atoms with van der Waals surface area (Å²) in [6.07, 6.45) is 2.50. The van der Waals surface area contributed by atoms with E-state index in [1.807, 2.05) is 31.0 Å². The normalized spacial score (nSPS) is 16.9. The van der Waals surface area contributed by atoms with Gasteiger partial charge in [-0.1, -0.05) is 6.07 Å². The first-order valence-electron chi connectivity index (χ1n) is 5.80. The minimum atomic E-state index is 0.0306. The Morgan fingerprint density at radius 2 is 2.19 bits per heavy atom. The molecule has 1 fully saturated rings. The van der Waals surface area contributed by atoms with E-state index in [0.717, 1.165) is 5.69 Å². The Morgan fingerprint density at radius 3 is 2.75 bits per heavy atom. The van der Waals surface area contributed by atoms with Crippen LogP contribution in [-0.2, 0) is 0 Å². The van der Waals surface area contributed by atoms with Gasteiger partial charge in [0.15, 0.2) is 0 Å². The zero-order chi connectivity index (χ0) is 11.7. The molecular formula is C13H18N2O. The third-order valence-corrected chi connectivity index (χ3v) is 3.34. The summed E-state index contributed by atoms with van der Waals surface area (Å²) < 4.78 is 0. The molecule has 0 radical (unpaired) electrons. The van der Waals surface area contributed by atoms with Crippen LogP contribution < -0.4 is 0 Å². The molecule has 1 heterocycles. The van der Waals surface area contributed by atoms with Crippen LogP contribution in [-0.4, -0.2) is 28.9 Å². The second-order valence-corrected chi connectivity index (χ2v) is 4.66. The summed E-state index contributed by atoms with van der Waals surface area (Å²) in [4.78, 5) is 18.2. The number of carbonyl (C=O) groups is 1. The Morgan fingerprint density at radius 1 is 1.50 bits per heavy atom. The van der Waals surface area contributed by atoms with Crippen molar-refractivity contribution in [1.82, 2.24) is 9.88 Å². The van der Waals surface area contributed by atoms with E-state index in [1.54, 1.807) is 6.07 Å². The molecule has 0 spiro atoms. The number of carbonyl (C=O) groups excluding carboxylic acids is 1. The molecule has 1 atom stereocenters. The fraction of sp³-hybridized carbons (Fsp3) is 0.538. The summed E-state index contributed by atoms with van der Waals surface area (Å²) in [5.74, 6) is 0.724. The van der Waals surface area contributed by atoms with Gasteiger partial charge in [0.05, 0.1) is 0 Å². The van der Waals surface area contributed by atoms with Crippen LogP contribution in [0.4, 0.5) is 0 Å². The number of amides is 1. The Kier molecular flexibility index (Phi) is 2.95. The largest absolute Gasteiger partial charge is 0.337 e. The lowest BCUT2D eigenvalue weighted by Gasteiger charge is -2.24. The van der Waals surface area contributed by atoms with Crippen LogP contribution >= 0.6 is 0 Å². The van der Waals surface area contributed by atoms with Gasteiger partial charge in [-0.2, -0.15) is 0 Å². The first-order chi connectivity index (χ1) is 7.59. The van der Waals surface area contributed by atoms with Gasteiger partial charge in [-0.25, -0.2) is 4.98 Å². The quantitative estimate of drug-likeness (QED) is 0.779. The summed E-state index contributed by atoms with van der Waals surface area (Å²) in [6.45, 7) is 4.02. The predicted molar refractivity (Wildman–Crippen MR) is 63.3 cm³/mol. The standard InChI is InChI=1S/C13H18N2O/c1-9-5-4-6-12(14-9)13(16)15(3)10(2)11-7-8-11/h4-6,10-11H,7-8H2,1-3H3. The lowest BCUT2D eigenvalue weighted by Crippen LogP contribution is -2.36. The number of rotatable bonds is 3. The molecule has 0 bridgehead atoms. The van der Waals surface area contributed by atoms with E-state index in [2.05, 4.69) is 11.9 Å². The smallest absolute Gasteiger partial charge is 0.272 e. The maximum atomic E-state index is 12.1. The lowest BCUT2D eigenvalue weighted by molar-refractivity contribution is 0.0721. The molecule has 1 aromatic heterocycles. The molecule has 0 saturated heterocycles. The van der Waals surface area contributed by atoms with Crippen molar-refractivity contribution in [3.05, 3.63) is 29.6 Å². The Balaban J connectivity index is 2.11. The van der Waals surface area contributed by atoms with Crippen molar-refractivity contribution < 1.29 is 4.79 Å². The molecular weight excluding hydrogens is 200 g/mol. The van der Waals surface area contributed by atoms with Gasteiger partial charge in [0.1, 0.15) is 5.69 Å². The van der Waals surface area contributed by atoms with E-state index in [9.17, 15) is 4.79 Å². The zero-order valence-electron chi connectivity index (χ0n) is 10.1. The van der Waals surface area contributed by atoms with Crippen molar-refractivity contribution in [2.24, 2.45) is 5.92 Å². The van der Waals surface area contributed by atoms with Gasteiger partial charge < -0.3 is 4.90 Å². The molecule has 1 saturated carbocycles. The van der Waals surface area contributed by atoms with Crippen molar-refractivity contribution in [2.45, 2.75) is 32.7 Å². The Hall–Kier alpha value is -1.38. The van der Waals surface area contributed by atoms with Gasteiger partial charge in [0.2, 0.25) is 0 Å². The predicted octanol–water partition coefficient (Wildman–Crippen LogP) is 2.26. The van der Waals surface area contributed by atoms with Gasteiger partial charge in [0.25, 0.3) is 5.91 Å². The van der Waals surface area contributed by atoms with Crippen molar-refractivity contribution >= 4 is 5.91 Å². The Bertz CT molecular complexity index is 399. The molecule has 3 heteroatoms. The van der Waals surface area contributed by atoms with Gasteiger partial charge in [0, 0.05) is 18.8 Å². The van der Waals surface area contributed by atoms with E-state index in [-0.39, 0.29) is 5.91 Å². The van der Waals surface area contributed by atoms with E-state index >= 15 is 0 Å². The number of hydrogen-bond acceptors (Lipinski definition) is 2. The minimum absolute atomic E-state index is 0.0306. The summed E-state index contributed by atoms with van der Waals surface area (Å²) in [7, 11) is 1.87. The van der Waals surface area contributed by atoms with Crippen molar-refractivity contribution in [2.75, 3.05) is 7.05 Å². The van der Waals surface area contributed by atoms with Gasteiger partial charge >= 0.3 is 0 Å². The highest BCUT2D eigenvalue weighted by Crippen LogP contribution is 2.34. The lowest BCUT2D eigenvalue weighted by atomic mass is 10.2. The molecule has 3 nitrogen and oxygen atoms in total. The number of nitrogens with zero attached hydrogens (tertiary/aromatic N) is 2. The van der Waals surface area contributed by atoms with Crippen LogP contribution in [0, 0.1) is 12.8 Å². The summed E-state index contributed by atoms with van der Waals surface area (Å²) in [5.41, 5.74) is 1.44. The van der Waals surface area contributed by atoms with E-state index < -0.39 is 0 Å². The first-order valence-corrected chi connectivity index (χ1v) is 5.80. The summed E-state index contributed by atoms with van der Waals surface area (Å²) in [6, 6.07) is 5.90. The van der Waals surface area contributed by atoms with Crippen LogP contribution in [0.15, 0.2) is 18.2 Å². The second kappa shape index (κ2) is 4.24. The summed E-state index contributed by atoms with van der Waals surface area (Å²) >= 11 is 0. The second-order valence-electron chi connectivity index (χ2n) is 4.66. The van der Waals surface area contributed by atoms with Gasteiger partial charge in [-0.15, -0.1) is 0 Å². The topological polar surface area (TPSA) is 33.2 Å². The van der Waals surface area contributed by atoms with Gasteiger partial charge in [-0.3, -0.25) is 4.79 Å². The highest BCUT2D eigenvalue weighted by molar-refractivity contribution is 5.92. The molecule has 1 aromatic rings. The first kappa shape index (κ1) is 11.1.